The Morgan fingerprint density at radius 2 is 1.69 bits per heavy atom. The van der Waals surface area contributed by atoms with Crippen LogP contribution < -0.4 is 0 Å². The first kappa shape index (κ1) is 12.8. The van der Waals surface area contributed by atoms with Crippen molar-refractivity contribution in [1.82, 2.24) is 0 Å². The Morgan fingerprint density at radius 1 is 1.23 bits per heavy atom. The highest BCUT2D eigenvalue weighted by Gasteiger charge is 2.26. The molecule has 0 aliphatic heterocycles. The molecule has 0 saturated heterocycles. The van der Waals surface area contributed by atoms with E-state index in [0.29, 0.717) is 5.41 Å². The maximum absolute atomic E-state index is 10.4. The molecule has 0 rings (SSSR count). The Balaban J connectivity index is 4.57. The molecular weight excluding hydrogens is 179 g/mol. The third-order valence-electron chi connectivity index (χ3n) is 2.29. The summed E-state index contributed by atoms with van der Waals surface area (Å²) in [5, 5.41) is 0. The molecule has 0 fully saturated rings. The van der Waals surface area contributed by atoms with Gasteiger partial charge in [0.15, 0.2) is 8.46 Å². The van der Waals surface area contributed by atoms with Gasteiger partial charge >= 0.3 is 0 Å². The molecule has 0 N–H and O–H groups in total. The molecule has 0 heterocycles. The van der Waals surface area contributed by atoms with Crippen LogP contribution in [-0.4, -0.2) is 0 Å². The second-order valence-electron chi connectivity index (χ2n) is 5.54. The Labute approximate surface area is 83.8 Å². The van der Waals surface area contributed by atoms with Crippen LogP contribution in [0.25, 0.3) is 0 Å². The van der Waals surface area contributed by atoms with Crippen LogP contribution in [0.2, 0.25) is 0 Å². The fourth-order valence-corrected chi connectivity index (χ4v) is 2.23. The molecule has 0 atom stereocenters. The minimum atomic E-state index is 0.118. The van der Waals surface area contributed by atoms with Crippen molar-refractivity contribution in [3.8, 4) is 0 Å². The molecule has 2 heteroatoms. The van der Waals surface area contributed by atoms with E-state index in [9.17, 15) is 4.57 Å². The van der Waals surface area contributed by atoms with E-state index in [4.69, 9.17) is 0 Å². The van der Waals surface area contributed by atoms with Crippen LogP contribution in [0, 0.1) is 10.8 Å². The van der Waals surface area contributed by atoms with Crippen LogP contribution in [-0.2, 0) is 4.57 Å². The van der Waals surface area contributed by atoms with Gasteiger partial charge in [0.2, 0.25) is 0 Å². The molecule has 0 aromatic heterocycles. The zero-order valence-corrected chi connectivity index (χ0v) is 10.5. The van der Waals surface area contributed by atoms with Crippen molar-refractivity contribution in [1.29, 1.82) is 0 Å². The Morgan fingerprint density at radius 3 is 2.00 bits per heavy atom. The molecule has 0 amide bonds. The van der Waals surface area contributed by atoms with Gasteiger partial charge in [0.05, 0.1) is 0 Å². The van der Waals surface area contributed by atoms with Crippen molar-refractivity contribution in [2.75, 3.05) is 0 Å². The minimum Gasteiger partial charge on any atom is -0.270 e. The summed E-state index contributed by atoms with van der Waals surface area (Å²) in [5.41, 5.74) is 1.67. The molecule has 0 bridgehead atoms. The molecule has 0 aliphatic rings. The SMILES string of the molecule is CC(=CP=O)C(C)(C)CC(C)(C)C. The summed E-state index contributed by atoms with van der Waals surface area (Å²) in [6.07, 6.45) is 1.11. The molecule has 0 aromatic rings. The van der Waals surface area contributed by atoms with E-state index in [-0.39, 0.29) is 13.9 Å². The lowest BCUT2D eigenvalue weighted by Crippen LogP contribution is -2.21. The van der Waals surface area contributed by atoms with Gasteiger partial charge in [-0.2, -0.15) is 0 Å². The van der Waals surface area contributed by atoms with Crippen molar-refractivity contribution in [2.24, 2.45) is 10.8 Å². The third kappa shape index (κ3) is 5.21. The van der Waals surface area contributed by atoms with Gasteiger partial charge in [-0.1, -0.05) is 40.2 Å². The number of hydrogen-bond donors (Lipinski definition) is 0. The highest BCUT2D eigenvalue weighted by molar-refractivity contribution is 7.27. The van der Waals surface area contributed by atoms with Crippen LogP contribution in [0.15, 0.2) is 11.4 Å². The minimum absolute atomic E-state index is 0.118. The first-order valence-electron chi connectivity index (χ1n) is 4.69. The lowest BCUT2D eigenvalue weighted by Gasteiger charge is -2.33. The zero-order valence-electron chi connectivity index (χ0n) is 9.64. The summed E-state index contributed by atoms with van der Waals surface area (Å²) >= 11 is 0. The summed E-state index contributed by atoms with van der Waals surface area (Å²) in [6, 6.07) is 0. The lowest BCUT2D eigenvalue weighted by molar-refractivity contribution is 0.250. The average Bonchev–Trinajstić information content (AvgIpc) is 1.82. The smallest absolute Gasteiger partial charge is 0.184 e. The Kier molecular flexibility index (Phi) is 4.32. The van der Waals surface area contributed by atoms with E-state index in [1.807, 2.05) is 0 Å². The van der Waals surface area contributed by atoms with E-state index in [0.717, 1.165) is 6.42 Å². The van der Waals surface area contributed by atoms with Crippen LogP contribution in [0.3, 0.4) is 0 Å². The predicted octanol–water partition coefficient (Wildman–Crippen LogP) is 4.64. The molecule has 13 heavy (non-hydrogen) atoms. The van der Waals surface area contributed by atoms with Gasteiger partial charge in [0.25, 0.3) is 0 Å². The van der Waals surface area contributed by atoms with E-state index in [1.54, 1.807) is 5.82 Å². The van der Waals surface area contributed by atoms with Crippen molar-refractivity contribution in [3.63, 3.8) is 0 Å². The van der Waals surface area contributed by atoms with E-state index in [2.05, 4.69) is 41.5 Å². The fourth-order valence-electron chi connectivity index (χ4n) is 1.72. The summed E-state index contributed by atoms with van der Waals surface area (Å²) < 4.78 is 10.4. The van der Waals surface area contributed by atoms with Crippen molar-refractivity contribution in [2.45, 2.75) is 48.0 Å². The second-order valence-corrected chi connectivity index (χ2v) is 6.01. The standard InChI is InChI=1S/C11H21OP/c1-9(7-13-12)11(5,6)8-10(2,3)4/h7H,8H2,1-6H3. The molecule has 0 unspecified atom stereocenters. The molecule has 0 aliphatic carbocycles. The van der Waals surface area contributed by atoms with Gasteiger partial charge in [-0.15, -0.1) is 0 Å². The van der Waals surface area contributed by atoms with Crippen molar-refractivity contribution in [3.05, 3.63) is 11.4 Å². The van der Waals surface area contributed by atoms with E-state index in [1.165, 1.54) is 5.57 Å². The monoisotopic (exact) mass is 200 g/mol. The molecule has 0 aromatic carbocycles. The van der Waals surface area contributed by atoms with E-state index < -0.39 is 0 Å². The molecule has 0 saturated carbocycles. The summed E-state index contributed by atoms with van der Waals surface area (Å²) in [4.78, 5) is 0. The third-order valence-corrected chi connectivity index (χ3v) is 2.78. The zero-order chi connectivity index (χ0) is 10.7. The van der Waals surface area contributed by atoms with Crippen molar-refractivity contribution < 1.29 is 4.57 Å². The van der Waals surface area contributed by atoms with E-state index >= 15 is 0 Å². The van der Waals surface area contributed by atoms with Crippen LogP contribution >= 0.6 is 8.46 Å². The maximum atomic E-state index is 10.4. The number of hydrogen-bond acceptors (Lipinski definition) is 1. The van der Waals surface area contributed by atoms with Gasteiger partial charge in [-0.25, -0.2) is 0 Å². The molecule has 0 spiro atoms. The van der Waals surface area contributed by atoms with Crippen LogP contribution in [0.5, 0.6) is 0 Å². The summed E-state index contributed by atoms with van der Waals surface area (Å²) in [7, 11) is 0.118. The normalized spacial score (nSPS) is 15.1. The van der Waals surface area contributed by atoms with Crippen molar-refractivity contribution >= 4 is 8.46 Å². The van der Waals surface area contributed by atoms with Gasteiger partial charge in [-0.3, -0.25) is 4.57 Å². The topological polar surface area (TPSA) is 17.1 Å². The number of allylic oxidation sites excluding steroid dienone is 1. The number of rotatable bonds is 3. The van der Waals surface area contributed by atoms with Gasteiger partial charge in [-0.05, 0) is 24.2 Å². The average molecular weight is 200 g/mol. The quantitative estimate of drug-likeness (QED) is 0.606. The highest BCUT2D eigenvalue weighted by Crippen LogP contribution is 2.39. The van der Waals surface area contributed by atoms with Gasteiger partial charge < -0.3 is 0 Å². The Bertz CT molecular complexity index is 209. The summed E-state index contributed by atoms with van der Waals surface area (Å²) in [6.45, 7) is 13.2. The molecular formula is C11H21OP. The Hall–Kier alpha value is -0.160. The van der Waals surface area contributed by atoms with Gasteiger partial charge in [0.1, 0.15) is 0 Å². The molecule has 0 radical (unpaired) electrons. The highest BCUT2D eigenvalue weighted by atomic mass is 31.1. The first-order chi connectivity index (χ1) is 5.69. The largest absolute Gasteiger partial charge is 0.270 e. The second kappa shape index (κ2) is 4.37. The van der Waals surface area contributed by atoms with Gasteiger partial charge in [0, 0.05) is 5.82 Å². The molecule has 1 nitrogen and oxygen atoms in total. The lowest BCUT2D eigenvalue weighted by atomic mass is 9.73. The first-order valence-corrected chi connectivity index (χ1v) is 5.57. The summed E-state index contributed by atoms with van der Waals surface area (Å²) in [5.74, 6) is 1.77. The fraction of sp³-hybridized carbons (Fsp3) is 0.818. The maximum Gasteiger partial charge on any atom is 0.184 e. The molecule has 76 valence electrons. The predicted molar refractivity (Wildman–Crippen MR) is 59.2 cm³/mol. The van der Waals surface area contributed by atoms with Crippen LogP contribution in [0.1, 0.15) is 48.0 Å². The van der Waals surface area contributed by atoms with Crippen LogP contribution in [0.4, 0.5) is 0 Å².